The van der Waals surface area contributed by atoms with Crippen LogP contribution >= 0.6 is 0 Å². The van der Waals surface area contributed by atoms with Crippen molar-refractivity contribution >= 4 is 17.9 Å². The Morgan fingerprint density at radius 1 is 0.931 bits per heavy atom. The normalized spacial score (nSPS) is 12.4. The minimum absolute atomic E-state index is 0.243. The summed E-state index contributed by atoms with van der Waals surface area (Å²) in [5.74, 6) is -2.94. The molecule has 7 nitrogen and oxygen atoms in total. The summed E-state index contributed by atoms with van der Waals surface area (Å²) in [4.78, 5) is 31.6. The first-order valence-electron chi connectivity index (χ1n) is 10.0. The van der Waals surface area contributed by atoms with Crippen LogP contribution in [-0.4, -0.2) is 39.8 Å². The van der Waals surface area contributed by atoms with E-state index in [0.717, 1.165) is 12.8 Å². The van der Waals surface area contributed by atoms with E-state index in [2.05, 4.69) is 6.92 Å². The summed E-state index contributed by atoms with van der Waals surface area (Å²) in [6, 6.07) is 9.04. The molecular weight excluding hydrogens is 376 g/mol. The predicted molar refractivity (Wildman–Crippen MR) is 109 cm³/mol. The van der Waals surface area contributed by atoms with E-state index in [0.29, 0.717) is 12.2 Å². The van der Waals surface area contributed by atoms with Gasteiger partial charge >= 0.3 is 17.9 Å². The van der Waals surface area contributed by atoms with Gasteiger partial charge in [0.05, 0.1) is 19.4 Å². The van der Waals surface area contributed by atoms with Crippen molar-refractivity contribution in [3.63, 3.8) is 0 Å². The molecule has 0 aliphatic carbocycles. The highest BCUT2D eigenvalue weighted by atomic mass is 16.5. The molecule has 0 saturated carbocycles. The first-order chi connectivity index (χ1) is 13.7. The molecule has 0 fully saturated rings. The molecule has 1 atom stereocenters. The van der Waals surface area contributed by atoms with E-state index in [4.69, 9.17) is 14.9 Å². The molecule has 0 aliphatic rings. The maximum Gasteiger partial charge on any atom is 0.343 e. The lowest BCUT2D eigenvalue weighted by Crippen LogP contribution is -2.42. The van der Waals surface area contributed by atoms with Gasteiger partial charge in [-0.05, 0) is 17.9 Å². The Hall–Kier alpha value is -2.41. The Morgan fingerprint density at radius 2 is 1.45 bits per heavy atom. The van der Waals surface area contributed by atoms with Crippen LogP contribution in [0.1, 0.15) is 71.3 Å². The number of carbonyl (C=O) groups is 3. The van der Waals surface area contributed by atoms with Gasteiger partial charge in [0.15, 0.2) is 5.60 Å². The molecule has 29 heavy (non-hydrogen) atoms. The number of carbonyl (C=O) groups excluding carboxylic acids is 1. The third kappa shape index (κ3) is 10.6. The number of carboxylic acid groups (broad SMARTS) is 2. The Morgan fingerprint density at radius 3 is 1.90 bits per heavy atom. The smallest absolute Gasteiger partial charge is 0.343 e. The number of aliphatic hydroxyl groups is 1. The van der Waals surface area contributed by atoms with Gasteiger partial charge in [0.2, 0.25) is 0 Å². The Kier molecular flexibility index (Phi) is 13.4. The van der Waals surface area contributed by atoms with Crippen molar-refractivity contribution in [2.24, 2.45) is 5.92 Å². The van der Waals surface area contributed by atoms with E-state index in [-0.39, 0.29) is 18.8 Å². The monoisotopic (exact) mass is 410 g/mol. The van der Waals surface area contributed by atoms with E-state index >= 15 is 0 Å². The third-order valence-electron chi connectivity index (χ3n) is 4.39. The molecule has 0 heterocycles. The van der Waals surface area contributed by atoms with Crippen LogP contribution < -0.4 is 0 Å². The van der Waals surface area contributed by atoms with Gasteiger partial charge in [-0.25, -0.2) is 4.79 Å². The molecule has 0 radical (unpaired) electrons. The molecule has 1 rings (SSSR count). The molecule has 0 saturated heterocycles. The number of aliphatic carboxylic acids is 2. The number of esters is 1. The van der Waals surface area contributed by atoms with Crippen molar-refractivity contribution in [1.29, 1.82) is 0 Å². The second-order valence-electron chi connectivity index (χ2n) is 7.12. The summed E-state index contributed by atoms with van der Waals surface area (Å²) in [6.07, 6.45) is 4.90. The molecule has 7 heteroatoms. The first-order valence-corrected chi connectivity index (χ1v) is 10.0. The number of benzene rings is 1. The summed E-state index contributed by atoms with van der Waals surface area (Å²) >= 11 is 0. The quantitative estimate of drug-likeness (QED) is 0.352. The highest BCUT2D eigenvalue weighted by molar-refractivity contribution is 5.81. The zero-order valence-electron chi connectivity index (χ0n) is 17.6. The summed E-state index contributed by atoms with van der Waals surface area (Å²) in [6.45, 7) is 6.21. The van der Waals surface area contributed by atoms with Gasteiger partial charge in [-0.3, -0.25) is 9.59 Å². The lowest BCUT2D eigenvalue weighted by Gasteiger charge is -2.30. The largest absolute Gasteiger partial charge is 0.481 e. The van der Waals surface area contributed by atoms with Gasteiger partial charge in [-0.1, -0.05) is 76.8 Å². The number of ether oxygens (including phenoxy) is 1. The zero-order chi connectivity index (χ0) is 22.3. The first kappa shape index (κ1) is 26.6. The van der Waals surface area contributed by atoms with Crippen LogP contribution in [0.4, 0.5) is 0 Å². The maximum absolute atomic E-state index is 12.3. The van der Waals surface area contributed by atoms with Gasteiger partial charge in [-0.2, -0.15) is 0 Å². The summed E-state index contributed by atoms with van der Waals surface area (Å²) in [5, 5.41) is 26.6. The molecule has 1 unspecified atom stereocenters. The Labute approximate surface area is 172 Å². The minimum atomic E-state index is -1.56. The fourth-order valence-electron chi connectivity index (χ4n) is 2.57. The van der Waals surface area contributed by atoms with Crippen LogP contribution in [0.5, 0.6) is 0 Å². The standard InChI is InChI=1S/C18H28O3.C4H6O4/c1-4-5-6-7-11-14-21-17(19)18(20,15(2)3)16-12-9-8-10-13-16;5-3(6)1-2-4(7)8/h8-10,12-13,15,20H,4-7,11,14H2,1-3H3;1-2H2,(H,5,6)(H,7,8). The van der Waals surface area contributed by atoms with E-state index in [9.17, 15) is 19.5 Å². The number of carboxylic acids is 2. The second kappa shape index (κ2) is 14.6. The molecule has 3 N–H and O–H groups in total. The molecular formula is C22H34O7. The van der Waals surface area contributed by atoms with Crippen molar-refractivity contribution in [3.8, 4) is 0 Å². The van der Waals surface area contributed by atoms with Crippen LogP contribution in [0, 0.1) is 5.92 Å². The van der Waals surface area contributed by atoms with Gasteiger partial charge in [0, 0.05) is 0 Å². The summed E-state index contributed by atoms with van der Waals surface area (Å²) < 4.78 is 5.31. The lowest BCUT2D eigenvalue weighted by molar-refractivity contribution is -0.172. The fraction of sp³-hybridized carbons (Fsp3) is 0.591. The van der Waals surface area contributed by atoms with Crippen molar-refractivity contribution in [2.45, 2.75) is 71.3 Å². The minimum Gasteiger partial charge on any atom is -0.481 e. The fourth-order valence-corrected chi connectivity index (χ4v) is 2.57. The summed E-state index contributed by atoms with van der Waals surface area (Å²) in [5.41, 5.74) is -0.971. The van der Waals surface area contributed by atoms with E-state index in [1.54, 1.807) is 12.1 Å². The van der Waals surface area contributed by atoms with E-state index < -0.39 is 23.5 Å². The number of hydrogen-bond donors (Lipinski definition) is 3. The predicted octanol–water partition coefficient (Wildman–Crippen LogP) is 3.98. The van der Waals surface area contributed by atoms with Gasteiger partial charge in [0.1, 0.15) is 0 Å². The van der Waals surface area contributed by atoms with Crippen LogP contribution in [0.3, 0.4) is 0 Å². The second-order valence-corrected chi connectivity index (χ2v) is 7.12. The molecule has 1 aromatic carbocycles. The van der Waals surface area contributed by atoms with Crippen LogP contribution in [0.15, 0.2) is 30.3 Å². The average molecular weight is 411 g/mol. The molecule has 0 spiro atoms. The molecule has 0 aromatic heterocycles. The topological polar surface area (TPSA) is 121 Å². The van der Waals surface area contributed by atoms with Crippen molar-refractivity contribution in [2.75, 3.05) is 6.61 Å². The van der Waals surface area contributed by atoms with Crippen LogP contribution in [-0.2, 0) is 24.7 Å². The molecule has 164 valence electrons. The van der Waals surface area contributed by atoms with Crippen LogP contribution in [0.2, 0.25) is 0 Å². The van der Waals surface area contributed by atoms with E-state index in [1.165, 1.54) is 19.3 Å². The van der Waals surface area contributed by atoms with Gasteiger partial charge < -0.3 is 20.1 Å². The third-order valence-corrected chi connectivity index (χ3v) is 4.39. The van der Waals surface area contributed by atoms with Crippen molar-refractivity contribution in [1.82, 2.24) is 0 Å². The number of hydrogen-bond acceptors (Lipinski definition) is 5. The zero-order valence-corrected chi connectivity index (χ0v) is 17.6. The number of rotatable bonds is 12. The van der Waals surface area contributed by atoms with Gasteiger partial charge in [-0.15, -0.1) is 0 Å². The SMILES string of the molecule is CCCCCCCOC(=O)C(O)(c1ccccc1)C(C)C.O=C(O)CCC(=O)O. The molecule has 0 bridgehead atoms. The summed E-state index contributed by atoms with van der Waals surface area (Å²) in [7, 11) is 0. The van der Waals surface area contributed by atoms with Crippen molar-refractivity contribution < 1.29 is 34.4 Å². The molecule has 1 aromatic rings. The maximum atomic E-state index is 12.3. The van der Waals surface area contributed by atoms with Gasteiger partial charge in [0.25, 0.3) is 0 Å². The highest BCUT2D eigenvalue weighted by Crippen LogP contribution is 2.31. The van der Waals surface area contributed by atoms with Crippen molar-refractivity contribution in [3.05, 3.63) is 35.9 Å². The highest BCUT2D eigenvalue weighted by Gasteiger charge is 2.42. The lowest BCUT2D eigenvalue weighted by atomic mass is 9.83. The molecule has 0 aliphatic heterocycles. The average Bonchev–Trinajstić information content (AvgIpc) is 2.69. The van der Waals surface area contributed by atoms with E-state index in [1.807, 2.05) is 32.0 Å². The van der Waals surface area contributed by atoms with Crippen LogP contribution in [0.25, 0.3) is 0 Å². The Balaban J connectivity index is 0.000000828. The molecule has 0 amide bonds. The number of unbranched alkanes of at least 4 members (excludes halogenated alkanes) is 4. The Bertz CT molecular complexity index is 599.